The third kappa shape index (κ3) is 1.45. The lowest BCUT2D eigenvalue weighted by Crippen LogP contribution is -1.83. The number of hydrogen-bond acceptors (Lipinski definition) is 0. The molecule has 19 heavy (non-hydrogen) atoms. The van der Waals surface area contributed by atoms with Crippen LogP contribution in [-0.4, -0.2) is 0 Å². The van der Waals surface area contributed by atoms with E-state index >= 15 is 0 Å². The summed E-state index contributed by atoms with van der Waals surface area (Å²) in [6.07, 6.45) is 0. The highest BCUT2D eigenvalue weighted by molar-refractivity contribution is 6.20. The van der Waals surface area contributed by atoms with Gasteiger partial charge in [-0.05, 0) is 33.0 Å². The molecule has 0 unspecified atom stereocenters. The zero-order valence-corrected chi connectivity index (χ0v) is 10.2. The Morgan fingerprint density at radius 1 is 0.526 bits per heavy atom. The van der Waals surface area contributed by atoms with Crippen LogP contribution < -0.4 is 0 Å². The van der Waals surface area contributed by atoms with Gasteiger partial charge in [0.25, 0.3) is 0 Å². The highest BCUT2D eigenvalue weighted by Crippen LogP contribution is 2.32. The molecule has 0 aliphatic heterocycles. The summed E-state index contributed by atoms with van der Waals surface area (Å²) >= 11 is 0. The smallest absolute Gasteiger partial charge is 0.131 e. The molecule has 0 saturated carbocycles. The molecule has 1 heteroatoms. The predicted molar refractivity (Wildman–Crippen MR) is 78.9 cm³/mol. The maximum absolute atomic E-state index is 13.9. The van der Waals surface area contributed by atoms with Crippen molar-refractivity contribution >= 4 is 32.3 Å². The van der Waals surface area contributed by atoms with Gasteiger partial charge in [0.15, 0.2) is 0 Å². The quantitative estimate of drug-likeness (QED) is 0.370. The molecule has 0 fully saturated rings. The Morgan fingerprint density at radius 3 is 2.21 bits per heavy atom. The first kappa shape index (κ1) is 10.5. The molecule has 0 aliphatic rings. The van der Waals surface area contributed by atoms with Crippen molar-refractivity contribution in [2.45, 2.75) is 0 Å². The SMILES string of the molecule is Fc1cccc2c1ccc1ccc3ccccc3c12. The number of rotatable bonds is 0. The summed E-state index contributed by atoms with van der Waals surface area (Å²) in [5.41, 5.74) is 0. The van der Waals surface area contributed by atoms with Crippen LogP contribution in [0.1, 0.15) is 0 Å². The van der Waals surface area contributed by atoms with Crippen molar-refractivity contribution in [1.82, 2.24) is 0 Å². The lowest BCUT2D eigenvalue weighted by molar-refractivity contribution is 0.640. The van der Waals surface area contributed by atoms with Gasteiger partial charge in [-0.2, -0.15) is 0 Å². The lowest BCUT2D eigenvalue weighted by atomic mass is 9.96. The first-order chi connectivity index (χ1) is 9.34. The van der Waals surface area contributed by atoms with Crippen LogP contribution >= 0.6 is 0 Å². The van der Waals surface area contributed by atoms with Crippen LogP contribution in [0, 0.1) is 5.82 Å². The third-order valence-electron chi connectivity index (χ3n) is 3.71. The zero-order chi connectivity index (χ0) is 12.8. The fourth-order valence-electron chi connectivity index (χ4n) is 2.83. The topological polar surface area (TPSA) is 0 Å². The minimum atomic E-state index is -0.160. The average Bonchev–Trinajstić information content (AvgIpc) is 2.47. The highest BCUT2D eigenvalue weighted by Gasteiger charge is 2.07. The molecule has 0 N–H and O–H groups in total. The summed E-state index contributed by atoms with van der Waals surface area (Å²) in [6, 6.07) is 21.6. The van der Waals surface area contributed by atoms with Crippen LogP contribution in [0.25, 0.3) is 32.3 Å². The highest BCUT2D eigenvalue weighted by atomic mass is 19.1. The summed E-state index contributed by atoms with van der Waals surface area (Å²) in [5, 5.41) is 6.32. The molecule has 0 aliphatic carbocycles. The molecular weight excluding hydrogens is 235 g/mol. The van der Waals surface area contributed by atoms with Crippen molar-refractivity contribution in [1.29, 1.82) is 0 Å². The molecule has 4 rings (SSSR count). The van der Waals surface area contributed by atoms with Gasteiger partial charge in [-0.15, -0.1) is 0 Å². The van der Waals surface area contributed by atoms with Crippen molar-refractivity contribution < 1.29 is 4.39 Å². The summed E-state index contributed by atoms with van der Waals surface area (Å²) < 4.78 is 13.9. The van der Waals surface area contributed by atoms with Gasteiger partial charge >= 0.3 is 0 Å². The zero-order valence-electron chi connectivity index (χ0n) is 10.2. The first-order valence-electron chi connectivity index (χ1n) is 6.33. The van der Waals surface area contributed by atoms with Gasteiger partial charge in [-0.25, -0.2) is 4.39 Å². The molecule has 0 aromatic heterocycles. The van der Waals surface area contributed by atoms with Crippen LogP contribution in [0.2, 0.25) is 0 Å². The Morgan fingerprint density at radius 2 is 1.26 bits per heavy atom. The molecule has 4 aromatic rings. The van der Waals surface area contributed by atoms with E-state index in [-0.39, 0.29) is 5.82 Å². The van der Waals surface area contributed by atoms with Crippen molar-refractivity contribution in [2.75, 3.05) is 0 Å². The van der Waals surface area contributed by atoms with Crippen molar-refractivity contribution in [2.24, 2.45) is 0 Å². The number of benzene rings is 4. The van der Waals surface area contributed by atoms with E-state index in [1.807, 2.05) is 30.3 Å². The molecule has 0 atom stereocenters. The van der Waals surface area contributed by atoms with E-state index in [4.69, 9.17) is 0 Å². The largest absolute Gasteiger partial charge is 0.206 e. The fraction of sp³-hybridized carbons (Fsp3) is 0. The second kappa shape index (κ2) is 3.79. The molecule has 0 saturated heterocycles. The van der Waals surface area contributed by atoms with E-state index in [2.05, 4.69) is 24.3 Å². The molecule has 4 aromatic carbocycles. The molecular formula is C18H11F. The van der Waals surface area contributed by atoms with Gasteiger partial charge < -0.3 is 0 Å². The minimum absolute atomic E-state index is 0.160. The van der Waals surface area contributed by atoms with Crippen LogP contribution in [-0.2, 0) is 0 Å². The van der Waals surface area contributed by atoms with E-state index in [0.29, 0.717) is 5.39 Å². The monoisotopic (exact) mass is 246 g/mol. The van der Waals surface area contributed by atoms with Gasteiger partial charge in [0.1, 0.15) is 5.82 Å². The van der Waals surface area contributed by atoms with Gasteiger partial charge in [0.05, 0.1) is 0 Å². The van der Waals surface area contributed by atoms with Crippen LogP contribution in [0.4, 0.5) is 4.39 Å². The molecule has 0 radical (unpaired) electrons. The van der Waals surface area contributed by atoms with Gasteiger partial charge in [-0.1, -0.05) is 60.7 Å². The van der Waals surface area contributed by atoms with E-state index in [9.17, 15) is 4.39 Å². The van der Waals surface area contributed by atoms with Crippen molar-refractivity contribution in [3.8, 4) is 0 Å². The van der Waals surface area contributed by atoms with E-state index in [1.165, 1.54) is 16.8 Å². The summed E-state index contributed by atoms with van der Waals surface area (Å²) in [6.45, 7) is 0. The van der Waals surface area contributed by atoms with Crippen molar-refractivity contribution in [3.63, 3.8) is 0 Å². The summed E-state index contributed by atoms with van der Waals surface area (Å²) in [7, 11) is 0. The Balaban J connectivity index is 2.37. The molecule has 0 spiro atoms. The first-order valence-corrected chi connectivity index (χ1v) is 6.33. The van der Waals surface area contributed by atoms with E-state index in [1.54, 1.807) is 6.07 Å². The van der Waals surface area contributed by atoms with Crippen molar-refractivity contribution in [3.05, 3.63) is 72.5 Å². The number of fused-ring (bicyclic) bond motifs is 5. The number of halogens is 1. The summed E-state index contributed by atoms with van der Waals surface area (Å²) in [5.74, 6) is -0.160. The standard InChI is InChI=1S/C18H11F/c19-17-7-3-6-16-15(17)11-10-13-9-8-12-4-1-2-5-14(12)18(13)16/h1-11H. The minimum Gasteiger partial charge on any atom is -0.206 e. The van der Waals surface area contributed by atoms with Gasteiger partial charge in [0.2, 0.25) is 0 Å². The molecule has 0 heterocycles. The molecule has 0 bridgehead atoms. The summed E-state index contributed by atoms with van der Waals surface area (Å²) in [4.78, 5) is 0. The van der Waals surface area contributed by atoms with E-state index in [0.717, 1.165) is 16.2 Å². The second-order valence-corrected chi connectivity index (χ2v) is 4.79. The third-order valence-corrected chi connectivity index (χ3v) is 3.71. The van der Waals surface area contributed by atoms with Crippen LogP contribution in [0.5, 0.6) is 0 Å². The Bertz CT molecular complexity index is 922. The predicted octanol–water partition coefficient (Wildman–Crippen LogP) is 5.29. The maximum atomic E-state index is 13.9. The Hall–Kier alpha value is -2.41. The van der Waals surface area contributed by atoms with Crippen LogP contribution in [0.3, 0.4) is 0 Å². The van der Waals surface area contributed by atoms with Gasteiger partial charge in [0, 0.05) is 5.39 Å². The fourth-order valence-corrected chi connectivity index (χ4v) is 2.83. The number of hydrogen-bond donors (Lipinski definition) is 0. The van der Waals surface area contributed by atoms with Crippen LogP contribution in [0.15, 0.2) is 66.7 Å². The lowest BCUT2D eigenvalue weighted by Gasteiger charge is -2.08. The second-order valence-electron chi connectivity index (χ2n) is 4.79. The maximum Gasteiger partial charge on any atom is 0.131 e. The Labute approximate surface area is 110 Å². The average molecular weight is 246 g/mol. The normalized spacial score (nSPS) is 11.4. The molecule has 0 nitrogen and oxygen atoms in total. The molecule has 0 amide bonds. The molecule has 90 valence electrons. The Kier molecular flexibility index (Phi) is 2.10. The van der Waals surface area contributed by atoms with Gasteiger partial charge in [-0.3, -0.25) is 0 Å². The van der Waals surface area contributed by atoms with E-state index < -0.39 is 0 Å².